The van der Waals surface area contributed by atoms with Crippen LogP contribution in [0, 0.1) is 10.1 Å². The van der Waals surface area contributed by atoms with E-state index in [0.29, 0.717) is 10.7 Å². The Balaban J connectivity index is 2.34. The van der Waals surface area contributed by atoms with Crippen molar-refractivity contribution >= 4 is 23.4 Å². The highest BCUT2D eigenvalue weighted by atomic mass is 32.2. The van der Waals surface area contributed by atoms with Gasteiger partial charge in [-0.3, -0.25) is 14.9 Å². The number of aryl methyl sites for hydroxylation is 1. The molecule has 2 rings (SSSR count). The Bertz CT molecular complexity index is 667. The number of hydrogen-bond acceptors (Lipinski definition) is 5. The molecule has 1 N–H and O–H groups in total. The number of carbonyl (C=O) groups is 1. The van der Waals surface area contributed by atoms with Crippen molar-refractivity contribution in [1.29, 1.82) is 0 Å². The highest BCUT2D eigenvalue weighted by molar-refractivity contribution is 7.99. The van der Waals surface area contributed by atoms with Crippen LogP contribution in [-0.2, 0) is 11.2 Å². The van der Waals surface area contributed by atoms with Crippen LogP contribution in [0.1, 0.15) is 12.6 Å². The van der Waals surface area contributed by atoms with Crippen LogP contribution in [0.15, 0.2) is 35.4 Å². The highest BCUT2D eigenvalue weighted by Gasteiger charge is 2.12. The average Bonchev–Trinajstić information content (AvgIpc) is 2.88. The van der Waals surface area contributed by atoms with Gasteiger partial charge in [0.15, 0.2) is 0 Å². The lowest BCUT2D eigenvalue weighted by Gasteiger charge is -2.05. The zero-order valence-corrected chi connectivity index (χ0v) is 12.0. The Morgan fingerprint density at radius 2 is 2.10 bits per heavy atom. The minimum absolute atomic E-state index is 0.00126. The second-order valence-corrected chi connectivity index (χ2v) is 5.19. The van der Waals surface area contributed by atoms with Crippen LogP contribution in [0.2, 0.25) is 0 Å². The van der Waals surface area contributed by atoms with Crippen LogP contribution in [0.25, 0.3) is 5.69 Å². The monoisotopic (exact) mass is 307 g/mol. The summed E-state index contributed by atoms with van der Waals surface area (Å²) in [6.07, 6.45) is 0.723. The molecule has 1 heterocycles. The zero-order valence-electron chi connectivity index (χ0n) is 11.2. The number of non-ortho nitro benzene ring substituents is 1. The number of carboxylic acids is 1. The molecule has 0 saturated carbocycles. The number of carboxylic acid groups (broad SMARTS) is 1. The summed E-state index contributed by atoms with van der Waals surface area (Å²) in [5.41, 5.74) is 1.50. The fourth-order valence-corrected chi connectivity index (χ4v) is 2.48. The van der Waals surface area contributed by atoms with Crippen LogP contribution in [0.5, 0.6) is 0 Å². The van der Waals surface area contributed by atoms with E-state index in [9.17, 15) is 14.9 Å². The van der Waals surface area contributed by atoms with Gasteiger partial charge in [-0.2, -0.15) is 5.10 Å². The number of aliphatic carboxylic acids is 1. The maximum atomic E-state index is 10.7. The summed E-state index contributed by atoms with van der Waals surface area (Å²) < 4.78 is 1.61. The van der Waals surface area contributed by atoms with Crippen LogP contribution in [0.4, 0.5) is 5.69 Å². The Labute approximate surface area is 124 Å². The van der Waals surface area contributed by atoms with E-state index in [-0.39, 0.29) is 11.4 Å². The molecule has 110 valence electrons. The molecular weight excluding hydrogens is 294 g/mol. The Hall–Kier alpha value is -2.35. The first kappa shape index (κ1) is 15.0. The molecule has 2 aromatic rings. The quantitative estimate of drug-likeness (QED) is 0.500. The third kappa shape index (κ3) is 3.60. The van der Waals surface area contributed by atoms with E-state index < -0.39 is 10.9 Å². The first-order chi connectivity index (χ1) is 10.0. The molecule has 0 amide bonds. The van der Waals surface area contributed by atoms with Crippen molar-refractivity contribution in [3.05, 3.63) is 46.1 Å². The minimum Gasteiger partial charge on any atom is -0.481 e. The molecule has 0 unspecified atom stereocenters. The number of nitrogens with zero attached hydrogens (tertiary/aromatic N) is 3. The van der Waals surface area contributed by atoms with Gasteiger partial charge in [0.05, 0.1) is 22.1 Å². The molecule has 0 aliphatic rings. The molecule has 1 aromatic carbocycles. The summed E-state index contributed by atoms with van der Waals surface area (Å²) in [6.45, 7) is 1.95. The van der Waals surface area contributed by atoms with E-state index in [0.717, 1.165) is 23.9 Å². The van der Waals surface area contributed by atoms with E-state index in [2.05, 4.69) is 5.10 Å². The molecule has 0 radical (unpaired) electrons. The van der Waals surface area contributed by atoms with Gasteiger partial charge in [-0.1, -0.05) is 18.7 Å². The Kier molecular flexibility index (Phi) is 4.59. The van der Waals surface area contributed by atoms with E-state index in [1.165, 1.54) is 12.1 Å². The molecule has 0 saturated heterocycles. The van der Waals surface area contributed by atoms with Crippen molar-refractivity contribution in [2.45, 2.75) is 18.4 Å². The van der Waals surface area contributed by atoms with Gasteiger partial charge in [-0.15, -0.1) is 0 Å². The van der Waals surface area contributed by atoms with Crippen molar-refractivity contribution in [3.63, 3.8) is 0 Å². The molecule has 7 nitrogen and oxygen atoms in total. The summed E-state index contributed by atoms with van der Waals surface area (Å²) in [5.74, 6) is -0.976. The second kappa shape index (κ2) is 6.40. The van der Waals surface area contributed by atoms with Gasteiger partial charge in [0.1, 0.15) is 5.03 Å². The number of thioether (sulfide) groups is 1. The summed E-state index contributed by atoms with van der Waals surface area (Å²) in [4.78, 5) is 20.9. The summed E-state index contributed by atoms with van der Waals surface area (Å²) >= 11 is 1.16. The van der Waals surface area contributed by atoms with Crippen LogP contribution in [0.3, 0.4) is 0 Å². The number of hydrogen-bond donors (Lipinski definition) is 1. The number of benzene rings is 1. The second-order valence-electron chi connectivity index (χ2n) is 4.20. The summed E-state index contributed by atoms with van der Waals surface area (Å²) in [6, 6.07) is 7.81. The molecule has 0 bridgehead atoms. The molecule has 0 atom stereocenters. The predicted molar refractivity (Wildman–Crippen MR) is 78.0 cm³/mol. The molecular formula is C13H13N3O4S. The SMILES string of the molecule is CCc1cc(SCC(=O)O)n(-c2ccc([N+](=O)[O-])cc2)n1. The number of nitro benzene ring substituents is 1. The molecule has 8 heteroatoms. The largest absolute Gasteiger partial charge is 0.481 e. The van der Waals surface area contributed by atoms with Crippen molar-refractivity contribution < 1.29 is 14.8 Å². The maximum Gasteiger partial charge on any atom is 0.313 e. The van der Waals surface area contributed by atoms with Crippen molar-refractivity contribution in [2.75, 3.05) is 5.75 Å². The summed E-state index contributed by atoms with van der Waals surface area (Å²) in [5, 5.41) is 24.5. The summed E-state index contributed by atoms with van der Waals surface area (Å²) in [7, 11) is 0. The van der Waals surface area contributed by atoms with Crippen molar-refractivity contribution in [1.82, 2.24) is 9.78 Å². The van der Waals surface area contributed by atoms with Crippen LogP contribution >= 0.6 is 11.8 Å². The van der Waals surface area contributed by atoms with Crippen LogP contribution < -0.4 is 0 Å². The fourth-order valence-electron chi connectivity index (χ4n) is 1.72. The first-order valence-electron chi connectivity index (χ1n) is 6.19. The van der Waals surface area contributed by atoms with Gasteiger partial charge in [0.2, 0.25) is 0 Å². The van der Waals surface area contributed by atoms with Gasteiger partial charge in [0, 0.05) is 12.1 Å². The fraction of sp³-hybridized carbons (Fsp3) is 0.231. The Morgan fingerprint density at radius 1 is 1.43 bits per heavy atom. The first-order valence-corrected chi connectivity index (χ1v) is 7.18. The Morgan fingerprint density at radius 3 is 2.62 bits per heavy atom. The molecule has 0 spiro atoms. The normalized spacial score (nSPS) is 10.5. The van der Waals surface area contributed by atoms with Crippen molar-refractivity contribution in [2.24, 2.45) is 0 Å². The van der Waals surface area contributed by atoms with Gasteiger partial charge in [-0.25, -0.2) is 4.68 Å². The van der Waals surface area contributed by atoms with Crippen LogP contribution in [-0.4, -0.2) is 31.5 Å². The van der Waals surface area contributed by atoms with E-state index in [1.807, 2.05) is 13.0 Å². The third-order valence-corrected chi connectivity index (χ3v) is 3.72. The van der Waals surface area contributed by atoms with Crippen molar-refractivity contribution in [3.8, 4) is 5.69 Å². The van der Waals surface area contributed by atoms with Gasteiger partial charge >= 0.3 is 5.97 Å². The smallest absolute Gasteiger partial charge is 0.313 e. The predicted octanol–water partition coefficient (Wildman–Crippen LogP) is 2.52. The topological polar surface area (TPSA) is 98.3 Å². The molecule has 0 fully saturated rings. The lowest BCUT2D eigenvalue weighted by Crippen LogP contribution is -2.02. The van der Waals surface area contributed by atoms with E-state index >= 15 is 0 Å². The number of nitro groups is 1. The standard InChI is InChI=1S/C13H13N3O4S/c1-2-9-7-12(21-8-13(17)18)15(14-9)10-3-5-11(6-4-10)16(19)20/h3-7H,2,8H2,1H3,(H,17,18). The van der Waals surface area contributed by atoms with Gasteiger partial charge in [0.25, 0.3) is 5.69 Å². The zero-order chi connectivity index (χ0) is 15.4. The molecule has 1 aromatic heterocycles. The third-order valence-electron chi connectivity index (χ3n) is 2.74. The number of aromatic nitrogens is 2. The molecule has 21 heavy (non-hydrogen) atoms. The minimum atomic E-state index is -0.908. The van der Waals surface area contributed by atoms with E-state index in [4.69, 9.17) is 5.11 Å². The number of rotatable bonds is 6. The molecule has 0 aliphatic heterocycles. The lowest BCUT2D eigenvalue weighted by atomic mass is 10.3. The van der Waals surface area contributed by atoms with Gasteiger partial charge < -0.3 is 5.11 Å². The maximum absolute atomic E-state index is 10.7. The van der Waals surface area contributed by atoms with E-state index in [1.54, 1.807) is 16.8 Å². The van der Waals surface area contributed by atoms with Gasteiger partial charge in [-0.05, 0) is 24.6 Å². The average molecular weight is 307 g/mol. The lowest BCUT2D eigenvalue weighted by molar-refractivity contribution is -0.384. The highest BCUT2D eigenvalue weighted by Crippen LogP contribution is 2.24. The molecule has 0 aliphatic carbocycles.